The van der Waals surface area contributed by atoms with Crippen molar-refractivity contribution in [2.24, 2.45) is 0 Å². The number of nitrogens with one attached hydrogen (secondary N) is 1. The van der Waals surface area contributed by atoms with Crippen molar-refractivity contribution >= 4 is 27.5 Å². The molecule has 0 unspecified atom stereocenters. The number of hydrogen-bond acceptors (Lipinski definition) is 1. The van der Waals surface area contributed by atoms with Gasteiger partial charge in [-0.05, 0) is 58.7 Å². The molecule has 0 radical (unpaired) electrons. The number of fused-ring (bicyclic) bond motifs is 3. The molecule has 1 N–H and O–H groups in total. The third-order valence-electron chi connectivity index (χ3n) is 5.99. The van der Waals surface area contributed by atoms with Gasteiger partial charge in [-0.2, -0.15) is 0 Å². The topological polar surface area (TPSA) is 17.0 Å². The smallest absolute Gasteiger partial charge is 0.0710 e. The summed E-state index contributed by atoms with van der Waals surface area (Å²) in [6.07, 6.45) is 0. The third kappa shape index (κ3) is 3.23. The molecule has 0 saturated carbocycles. The van der Waals surface area contributed by atoms with Crippen LogP contribution in [0.15, 0.2) is 127 Å². The van der Waals surface area contributed by atoms with Gasteiger partial charge in [-0.1, -0.05) is 91.0 Å². The van der Waals surface area contributed by atoms with Crippen molar-refractivity contribution in [1.29, 1.82) is 0 Å². The first-order valence-corrected chi connectivity index (χ1v) is 10.9. The second-order valence-corrected chi connectivity index (χ2v) is 8.01. The molecule has 0 amide bonds. The SMILES string of the molecule is c1ccc(Nn2c3ccc(-c4ccccc4)cc3c3cc(-c4ccccc4)ccc32)cc1. The summed E-state index contributed by atoms with van der Waals surface area (Å²) in [5.74, 6) is 0. The van der Waals surface area contributed by atoms with E-state index in [0.717, 1.165) is 16.7 Å². The molecule has 0 aliphatic carbocycles. The summed E-state index contributed by atoms with van der Waals surface area (Å²) in [6, 6.07) is 44.9. The molecule has 5 aromatic carbocycles. The number of para-hydroxylation sites is 1. The standard InChI is InChI=1S/C30H22N2/c1-4-10-22(11-5-1)24-16-18-29-27(20-24)28-21-25(23-12-6-2-7-13-23)17-19-30(28)32(29)31-26-14-8-3-9-15-26/h1-21,31H. The van der Waals surface area contributed by atoms with Crippen molar-refractivity contribution in [2.45, 2.75) is 0 Å². The highest BCUT2D eigenvalue weighted by Gasteiger charge is 2.13. The molecule has 1 aromatic heterocycles. The largest absolute Gasteiger partial charge is 0.294 e. The molecule has 0 aliphatic heterocycles. The summed E-state index contributed by atoms with van der Waals surface area (Å²) in [7, 11) is 0. The fourth-order valence-corrected chi connectivity index (χ4v) is 4.41. The second-order valence-electron chi connectivity index (χ2n) is 8.01. The molecule has 0 spiro atoms. The second kappa shape index (κ2) is 7.75. The van der Waals surface area contributed by atoms with E-state index in [1.54, 1.807) is 0 Å². The summed E-state index contributed by atoms with van der Waals surface area (Å²) >= 11 is 0. The third-order valence-corrected chi connectivity index (χ3v) is 5.99. The average Bonchev–Trinajstić information content (AvgIpc) is 3.18. The van der Waals surface area contributed by atoms with Crippen LogP contribution in [-0.4, -0.2) is 4.68 Å². The van der Waals surface area contributed by atoms with Crippen LogP contribution >= 0.6 is 0 Å². The van der Waals surface area contributed by atoms with Crippen LogP contribution in [0.2, 0.25) is 0 Å². The fourth-order valence-electron chi connectivity index (χ4n) is 4.41. The monoisotopic (exact) mass is 410 g/mol. The highest BCUT2D eigenvalue weighted by Crippen LogP contribution is 2.35. The first-order chi connectivity index (χ1) is 15.9. The van der Waals surface area contributed by atoms with Gasteiger partial charge >= 0.3 is 0 Å². The minimum absolute atomic E-state index is 1.06. The van der Waals surface area contributed by atoms with Gasteiger partial charge in [0.25, 0.3) is 0 Å². The van der Waals surface area contributed by atoms with E-state index in [9.17, 15) is 0 Å². The number of benzene rings is 5. The van der Waals surface area contributed by atoms with Crippen LogP contribution in [-0.2, 0) is 0 Å². The quantitative estimate of drug-likeness (QED) is 0.311. The fraction of sp³-hybridized carbons (Fsp3) is 0. The zero-order chi connectivity index (χ0) is 21.3. The van der Waals surface area contributed by atoms with Crippen LogP contribution in [0.5, 0.6) is 0 Å². The van der Waals surface area contributed by atoms with Gasteiger partial charge in [0.15, 0.2) is 0 Å². The van der Waals surface area contributed by atoms with E-state index >= 15 is 0 Å². The average molecular weight is 411 g/mol. The molecule has 0 atom stereocenters. The Balaban J connectivity index is 1.60. The lowest BCUT2D eigenvalue weighted by atomic mass is 10.0. The van der Waals surface area contributed by atoms with Crippen LogP contribution in [0.1, 0.15) is 0 Å². The van der Waals surface area contributed by atoms with Crippen molar-refractivity contribution in [3.63, 3.8) is 0 Å². The van der Waals surface area contributed by atoms with Crippen LogP contribution in [0, 0.1) is 0 Å². The van der Waals surface area contributed by atoms with E-state index in [1.807, 2.05) is 6.07 Å². The van der Waals surface area contributed by atoms with Gasteiger partial charge in [-0.3, -0.25) is 10.1 Å². The summed E-state index contributed by atoms with van der Waals surface area (Å²) < 4.78 is 2.20. The molecule has 0 bridgehead atoms. The molecule has 0 saturated heterocycles. The summed E-state index contributed by atoms with van der Waals surface area (Å²) in [4.78, 5) is 0. The van der Waals surface area contributed by atoms with Gasteiger partial charge in [0.2, 0.25) is 0 Å². The van der Waals surface area contributed by atoms with Crippen molar-refractivity contribution in [2.75, 3.05) is 5.43 Å². The van der Waals surface area contributed by atoms with E-state index in [1.165, 1.54) is 33.0 Å². The van der Waals surface area contributed by atoms with Gasteiger partial charge in [-0.25, -0.2) is 0 Å². The zero-order valence-corrected chi connectivity index (χ0v) is 17.6. The lowest BCUT2D eigenvalue weighted by Crippen LogP contribution is -2.08. The number of anilines is 1. The van der Waals surface area contributed by atoms with Crippen molar-refractivity contribution < 1.29 is 0 Å². The van der Waals surface area contributed by atoms with Crippen molar-refractivity contribution in [3.05, 3.63) is 127 Å². The van der Waals surface area contributed by atoms with E-state index in [2.05, 4.69) is 131 Å². The summed E-state index contributed by atoms with van der Waals surface area (Å²) in [5, 5.41) is 2.48. The predicted octanol–water partition coefficient (Wildman–Crippen LogP) is 8.00. The maximum absolute atomic E-state index is 3.61. The maximum Gasteiger partial charge on any atom is 0.0710 e. The molecule has 2 heteroatoms. The minimum atomic E-state index is 1.06. The van der Waals surface area contributed by atoms with E-state index in [0.29, 0.717) is 0 Å². The molecule has 6 aromatic rings. The van der Waals surface area contributed by atoms with Crippen LogP contribution in [0.25, 0.3) is 44.1 Å². The lowest BCUT2D eigenvalue weighted by molar-refractivity contribution is 1.06. The Kier molecular flexibility index (Phi) is 4.47. The molecule has 0 aliphatic rings. The summed E-state index contributed by atoms with van der Waals surface area (Å²) in [6.45, 7) is 0. The number of rotatable bonds is 4. The Morgan fingerprint density at radius 3 is 1.31 bits per heavy atom. The van der Waals surface area contributed by atoms with E-state index in [-0.39, 0.29) is 0 Å². The van der Waals surface area contributed by atoms with Crippen molar-refractivity contribution in [1.82, 2.24) is 4.68 Å². The van der Waals surface area contributed by atoms with E-state index < -0.39 is 0 Å². The number of aromatic nitrogens is 1. The lowest BCUT2D eigenvalue weighted by Gasteiger charge is -2.11. The molecule has 2 nitrogen and oxygen atoms in total. The van der Waals surface area contributed by atoms with Crippen LogP contribution in [0.4, 0.5) is 5.69 Å². The highest BCUT2D eigenvalue weighted by atomic mass is 15.4. The summed E-state index contributed by atoms with van der Waals surface area (Å²) in [5.41, 5.74) is 11.9. The molecule has 1 heterocycles. The van der Waals surface area contributed by atoms with Crippen molar-refractivity contribution in [3.8, 4) is 22.3 Å². The Bertz CT molecular complexity index is 1420. The minimum Gasteiger partial charge on any atom is -0.294 e. The molecule has 0 fully saturated rings. The molecule has 152 valence electrons. The molecule has 32 heavy (non-hydrogen) atoms. The Morgan fingerprint density at radius 2 is 0.844 bits per heavy atom. The van der Waals surface area contributed by atoms with Crippen LogP contribution < -0.4 is 5.43 Å². The molecule has 6 rings (SSSR count). The Labute approximate surface area is 187 Å². The van der Waals surface area contributed by atoms with Gasteiger partial charge < -0.3 is 0 Å². The normalized spacial score (nSPS) is 11.1. The molecular formula is C30H22N2. The highest BCUT2D eigenvalue weighted by molar-refractivity contribution is 6.11. The number of hydrogen-bond donors (Lipinski definition) is 1. The van der Waals surface area contributed by atoms with Crippen LogP contribution in [0.3, 0.4) is 0 Å². The van der Waals surface area contributed by atoms with Gasteiger partial charge in [0.1, 0.15) is 0 Å². The Morgan fingerprint density at radius 1 is 0.406 bits per heavy atom. The van der Waals surface area contributed by atoms with Gasteiger partial charge in [0.05, 0.1) is 16.7 Å². The van der Waals surface area contributed by atoms with Gasteiger partial charge in [0, 0.05) is 10.8 Å². The van der Waals surface area contributed by atoms with Gasteiger partial charge in [-0.15, -0.1) is 0 Å². The number of nitrogens with zero attached hydrogens (tertiary/aromatic N) is 1. The zero-order valence-electron chi connectivity index (χ0n) is 17.6. The first kappa shape index (κ1) is 18.5. The van der Waals surface area contributed by atoms with E-state index in [4.69, 9.17) is 0 Å². The maximum atomic E-state index is 3.61. The molecular weight excluding hydrogens is 388 g/mol. The Hall–Kier alpha value is -4.30. The first-order valence-electron chi connectivity index (χ1n) is 10.9. The predicted molar refractivity (Wildman–Crippen MR) is 136 cm³/mol.